The number of hydrogen-bond acceptors (Lipinski definition) is 6. The number of sulfonamides is 1. The minimum Gasteiger partial charge on any atom is -0.356 e. The van der Waals surface area contributed by atoms with Crippen LogP contribution in [-0.4, -0.2) is 60.1 Å². The average molecular weight is 335 g/mol. The minimum atomic E-state index is -3.15. The molecule has 124 valence electrons. The summed E-state index contributed by atoms with van der Waals surface area (Å²) in [5.74, 6) is 1.63. The summed E-state index contributed by atoms with van der Waals surface area (Å²) in [5, 5.41) is 0.987. The van der Waals surface area contributed by atoms with Crippen LogP contribution in [0.5, 0.6) is 0 Å². The maximum atomic E-state index is 11.7. The van der Waals surface area contributed by atoms with E-state index in [1.165, 1.54) is 10.6 Å². The fourth-order valence-electron chi connectivity index (χ4n) is 3.03. The Labute approximate surface area is 136 Å². The molecule has 2 aromatic rings. The van der Waals surface area contributed by atoms with Crippen molar-refractivity contribution in [1.29, 1.82) is 0 Å². The number of aryl methyl sites for hydroxylation is 1. The van der Waals surface area contributed by atoms with Crippen LogP contribution >= 0.6 is 0 Å². The molecule has 1 saturated heterocycles. The zero-order valence-electron chi connectivity index (χ0n) is 13.6. The molecule has 0 aromatic carbocycles. The van der Waals surface area contributed by atoms with Gasteiger partial charge in [-0.3, -0.25) is 4.98 Å². The Morgan fingerprint density at radius 3 is 2.61 bits per heavy atom. The molecule has 0 saturated carbocycles. The first kappa shape index (κ1) is 16.1. The minimum absolute atomic E-state index is 0.0529. The van der Waals surface area contributed by atoms with Gasteiger partial charge in [0.15, 0.2) is 0 Å². The zero-order valence-corrected chi connectivity index (χ0v) is 14.4. The predicted molar refractivity (Wildman–Crippen MR) is 89.9 cm³/mol. The van der Waals surface area contributed by atoms with Crippen LogP contribution in [0.1, 0.15) is 18.7 Å². The molecule has 8 heteroatoms. The van der Waals surface area contributed by atoms with Crippen molar-refractivity contribution in [2.24, 2.45) is 0 Å². The molecule has 3 heterocycles. The Bertz CT molecular complexity index is 816. The summed E-state index contributed by atoms with van der Waals surface area (Å²) in [6.07, 6.45) is 6.33. The standard InChI is InChI=1S/C15H21N5O2S/c1-11-17-14-10-16-7-4-13(14)15(18-11)20-8-5-12(6-9-20)19(2)23(3,21)22/h4,7,10,12H,5-6,8-9H2,1-3H3. The van der Waals surface area contributed by atoms with E-state index in [0.29, 0.717) is 0 Å². The van der Waals surface area contributed by atoms with Gasteiger partial charge in [0.2, 0.25) is 10.0 Å². The summed E-state index contributed by atoms with van der Waals surface area (Å²) >= 11 is 0. The molecular weight excluding hydrogens is 314 g/mol. The highest BCUT2D eigenvalue weighted by molar-refractivity contribution is 7.88. The van der Waals surface area contributed by atoms with Crippen molar-refractivity contribution in [3.63, 3.8) is 0 Å². The zero-order chi connectivity index (χ0) is 16.6. The average Bonchev–Trinajstić information content (AvgIpc) is 2.52. The number of pyridine rings is 1. The SMILES string of the molecule is Cc1nc(N2CCC(N(C)S(C)(=O)=O)CC2)c2ccncc2n1. The fraction of sp³-hybridized carbons (Fsp3) is 0.533. The molecule has 1 aliphatic rings. The molecule has 0 N–H and O–H groups in total. The Balaban J connectivity index is 1.83. The number of fused-ring (bicyclic) bond motifs is 1. The third-order valence-electron chi connectivity index (χ3n) is 4.39. The first-order valence-electron chi connectivity index (χ1n) is 7.62. The molecule has 7 nitrogen and oxygen atoms in total. The largest absolute Gasteiger partial charge is 0.356 e. The van der Waals surface area contributed by atoms with E-state index < -0.39 is 10.0 Å². The third kappa shape index (κ3) is 3.28. The predicted octanol–water partition coefficient (Wildman–Crippen LogP) is 1.19. The molecule has 1 aliphatic heterocycles. The smallest absolute Gasteiger partial charge is 0.211 e. The molecule has 0 aliphatic carbocycles. The maximum Gasteiger partial charge on any atom is 0.211 e. The van der Waals surface area contributed by atoms with Gasteiger partial charge in [0.1, 0.15) is 11.6 Å². The van der Waals surface area contributed by atoms with Crippen molar-refractivity contribution < 1.29 is 8.42 Å². The van der Waals surface area contributed by atoms with Crippen LogP contribution in [0.3, 0.4) is 0 Å². The van der Waals surface area contributed by atoms with Gasteiger partial charge in [-0.25, -0.2) is 22.7 Å². The quantitative estimate of drug-likeness (QED) is 0.838. The fourth-order valence-corrected chi connectivity index (χ4v) is 3.78. The van der Waals surface area contributed by atoms with E-state index in [1.807, 2.05) is 13.0 Å². The first-order chi connectivity index (χ1) is 10.9. The monoisotopic (exact) mass is 335 g/mol. The molecule has 2 aromatic heterocycles. The van der Waals surface area contributed by atoms with Gasteiger partial charge in [-0.05, 0) is 25.8 Å². The van der Waals surface area contributed by atoms with Gasteiger partial charge < -0.3 is 4.90 Å². The van der Waals surface area contributed by atoms with Crippen molar-refractivity contribution in [3.05, 3.63) is 24.3 Å². The molecule has 0 unspecified atom stereocenters. The van der Waals surface area contributed by atoms with Crippen molar-refractivity contribution in [2.45, 2.75) is 25.8 Å². The Hall–Kier alpha value is -1.80. The normalized spacial score (nSPS) is 17.1. The molecule has 0 atom stereocenters. The molecule has 0 bridgehead atoms. The third-order valence-corrected chi connectivity index (χ3v) is 5.74. The lowest BCUT2D eigenvalue weighted by atomic mass is 10.0. The summed E-state index contributed by atoms with van der Waals surface area (Å²) in [4.78, 5) is 15.3. The topological polar surface area (TPSA) is 79.3 Å². The van der Waals surface area contributed by atoms with Crippen LogP contribution in [0.2, 0.25) is 0 Å². The lowest BCUT2D eigenvalue weighted by Crippen LogP contribution is -2.45. The number of nitrogens with zero attached hydrogens (tertiary/aromatic N) is 5. The summed E-state index contributed by atoms with van der Waals surface area (Å²) in [7, 11) is -1.49. The molecule has 1 fully saturated rings. The van der Waals surface area contributed by atoms with Gasteiger partial charge in [-0.1, -0.05) is 0 Å². The van der Waals surface area contributed by atoms with Crippen LogP contribution in [0.15, 0.2) is 18.5 Å². The van der Waals surface area contributed by atoms with Crippen LogP contribution in [0.4, 0.5) is 5.82 Å². The highest BCUT2D eigenvalue weighted by Crippen LogP contribution is 2.27. The van der Waals surface area contributed by atoms with Crippen molar-refractivity contribution in [3.8, 4) is 0 Å². The second kappa shape index (κ2) is 6.01. The van der Waals surface area contributed by atoms with Crippen LogP contribution in [-0.2, 0) is 10.0 Å². The second-order valence-electron chi connectivity index (χ2n) is 5.98. The summed E-state index contributed by atoms with van der Waals surface area (Å²) in [5.41, 5.74) is 0.838. The van der Waals surface area contributed by atoms with E-state index in [-0.39, 0.29) is 6.04 Å². The van der Waals surface area contributed by atoms with E-state index in [0.717, 1.165) is 48.5 Å². The van der Waals surface area contributed by atoms with Gasteiger partial charge in [0.25, 0.3) is 0 Å². The molecular formula is C15H21N5O2S. The van der Waals surface area contributed by atoms with E-state index in [2.05, 4.69) is 19.9 Å². The van der Waals surface area contributed by atoms with Crippen LogP contribution < -0.4 is 4.90 Å². The van der Waals surface area contributed by atoms with Gasteiger partial charge in [0, 0.05) is 37.8 Å². The Morgan fingerprint density at radius 2 is 1.96 bits per heavy atom. The second-order valence-corrected chi connectivity index (χ2v) is 8.03. The van der Waals surface area contributed by atoms with E-state index >= 15 is 0 Å². The van der Waals surface area contributed by atoms with Gasteiger partial charge >= 0.3 is 0 Å². The first-order valence-corrected chi connectivity index (χ1v) is 9.47. The van der Waals surface area contributed by atoms with Gasteiger partial charge in [-0.2, -0.15) is 0 Å². The maximum absolute atomic E-state index is 11.7. The Morgan fingerprint density at radius 1 is 1.26 bits per heavy atom. The lowest BCUT2D eigenvalue weighted by Gasteiger charge is -2.36. The molecule has 3 rings (SSSR count). The van der Waals surface area contributed by atoms with Crippen molar-refractivity contribution in [1.82, 2.24) is 19.3 Å². The summed E-state index contributed by atoms with van der Waals surface area (Å²) in [6, 6.07) is 1.98. The number of rotatable bonds is 3. The summed E-state index contributed by atoms with van der Waals surface area (Å²) in [6.45, 7) is 3.43. The molecule has 0 radical (unpaired) electrons. The van der Waals surface area contributed by atoms with Gasteiger partial charge in [-0.15, -0.1) is 0 Å². The van der Waals surface area contributed by atoms with Crippen molar-refractivity contribution in [2.75, 3.05) is 31.3 Å². The van der Waals surface area contributed by atoms with E-state index in [9.17, 15) is 8.42 Å². The number of piperidine rings is 1. The van der Waals surface area contributed by atoms with Crippen molar-refractivity contribution >= 4 is 26.7 Å². The highest BCUT2D eigenvalue weighted by Gasteiger charge is 2.28. The lowest BCUT2D eigenvalue weighted by molar-refractivity contribution is 0.313. The number of aromatic nitrogens is 3. The molecule has 23 heavy (non-hydrogen) atoms. The number of hydrogen-bond donors (Lipinski definition) is 0. The summed E-state index contributed by atoms with van der Waals surface area (Å²) < 4.78 is 24.9. The van der Waals surface area contributed by atoms with Gasteiger partial charge in [0.05, 0.1) is 18.0 Å². The van der Waals surface area contributed by atoms with E-state index in [1.54, 1.807) is 19.4 Å². The Kier molecular flexibility index (Phi) is 4.20. The molecule has 0 amide bonds. The van der Waals surface area contributed by atoms with Crippen LogP contribution in [0, 0.1) is 6.92 Å². The van der Waals surface area contributed by atoms with Crippen LogP contribution in [0.25, 0.3) is 10.9 Å². The highest BCUT2D eigenvalue weighted by atomic mass is 32.2. The van der Waals surface area contributed by atoms with E-state index in [4.69, 9.17) is 0 Å². The molecule has 0 spiro atoms. The number of anilines is 1.